The third kappa shape index (κ3) is 11.6. The van der Waals surface area contributed by atoms with Crippen molar-refractivity contribution in [3.05, 3.63) is 102 Å². The maximum Gasteiger partial charge on any atom is 0.379 e. The molecule has 1 saturated carbocycles. The van der Waals surface area contributed by atoms with Gasteiger partial charge in [-0.2, -0.15) is 8.78 Å². The lowest BCUT2D eigenvalue weighted by Gasteiger charge is -2.33. The molecular formula is C42H52F2O6. The van der Waals surface area contributed by atoms with Gasteiger partial charge in [-0.3, -0.25) is 0 Å². The molecule has 0 saturated heterocycles. The second-order valence-corrected chi connectivity index (χ2v) is 13.7. The van der Waals surface area contributed by atoms with Gasteiger partial charge in [0.2, 0.25) is 0 Å². The first-order valence-electron chi connectivity index (χ1n) is 17.9. The molecule has 8 heteroatoms. The first-order chi connectivity index (χ1) is 24.0. The highest BCUT2D eigenvalue weighted by Crippen LogP contribution is 2.40. The molecule has 0 amide bonds. The average Bonchev–Trinajstić information content (AvgIpc) is 3.13. The molecular weight excluding hydrogens is 638 g/mol. The number of carbonyl (C=O) groups is 2. The summed E-state index contributed by atoms with van der Waals surface area (Å²) in [6.07, 6.45) is 7.73. The fourth-order valence-electron chi connectivity index (χ4n) is 6.54. The Morgan fingerprint density at radius 3 is 2.02 bits per heavy atom. The molecule has 2 aromatic carbocycles. The van der Waals surface area contributed by atoms with Crippen molar-refractivity contribution in [1.29, 1.82) is 0 Å². The normalized spacial score (nSPS) is 18.4. The Balaban J connectivity index is 1.28. The molecule has 2 aromatic rings. The van der Waals surface area contributed by atoms with E-state index in [1.165, 1.54) is 30.9 Å². The van der Waals surface area contributed by atoms with Crippen molar-refractivity contribution in [2.24, 2.45) is 11.8 Å². The van der Waals surface area contributed by atoms with Crippen LogP contribution in [0.1, 0.15) is 89.2 Å². The predicted molar refractivity (Wildman–Crippen MR) is 193 cm³/mol. The van der Waals surface area contributed by atoms with Crippen LogP contribution in [0.4, 0.5) is 8.78 Å². The molecule has 0 heterocycles. The largest absolute Gasteiger partial charge is 0.462 e. The third-order valence-corrected chi connectivity index (χ3v) is 9.64. The van der Waals surface area contributed by atoms with E-state index in [1.54, 1.807) is 13.0 Å². The summed E-state index contributed by atoms with van der Waals surface area (Å²) in [6, 6.07) is 17.0. The Labute approximate surface area is 295 Å². The molecule has 0 aliphatic heterocycles. The zero-order valence-corrected chi connectivity index (χ0v) is 29.6. The van der Waals surface area contributed by atoms with E-state index in [-0.39, 0.29) is 48.2 Å². The van der Waals surface area contributed by atoms with Gasteiger partial charge in [-0.25, -0.2) is 9.59 Å². The van der Waals surface area contributed by atoms with Crippen molar-refractivity contribution < 1.29 is 37.7 Å². The zero-order chi connectivity index (χ0) is 36.1. The van der Waals surface area contributed by atoms with E-state index in [4.69, 9.17) is 19.3 Å². The van der Waals surface area contributed by atoms with E-state index in [1.807, 2.05) is 0 Å². The first-order valence-corrected chi connectivity index (χ1v) is 17.9. The van der Waals surface area contributed by atoms with E-state index in [2.05, 4.69) is 68.6 Å². The molecule has 1 atom stereocenters. The highest BCUT2D eigenvalue weighted by Gasteiger charge is 2.40. The number of esters is 2. The number of benzene rings is 2. The number of carbonyl (C=O) groups excluding carboxylic acids is 2. The SMILES string of the molecule is C=C(C)C(=O)OCC(COC(=O)C(=C)CO)CC1CCC(OC(F)(F)C2=CC=C(c3ccc(-c4ccc(CCCCC)cc4)cc3)CC2)CC1. The van der Waals surface area contributed by atoms with Gasteiger partial charge in [-0.05, 0) is 98.5 Å². The van der Waals surface area contributed by atoms with Gasteiger partial charge in [-0.1, -0.05) is 93.6 Å². The average molecular weight is 691 g/mol. The summed E-state index contributed by atoms with van der Waals surface area (Å²) in [5, 5.41) is 9.13. The Morgan fingerprint density at radius 2 is 1.46 bits per heavy atom. The number of hydrogen-bond acceptors (Lipinski definition) is 6. The Morgan fingerprint density at radius 1 is 0.860 bits per heavy atom. The summed E-state index contributed by atoms with van der Waals surface area (Å²) in [4.78, 5) is 24.0. The molecule has 2 aliphatic rings. The molecule has 2 aliphatic carbocycles. The van der Waals surface area contributed by atoms with E-state index in [0.29, 0.717) is 38.5 Å². The Bertz CT molecular complexity index is 1510. The van der Waals surface area contributed by atoms with E-state index in [9.17, 15) is 9.59 Å². The number of allylic oxidation sites excluding steroid dienone is 3. The number of aryl methyl sites for hydroxylation is 1. The highest BCUT2D eigenvalue weighted by molar-refractivity contribution is 5.88. The molecule has 4 rings (SSSR count). The van der Waals surface area contributed by atoms with Gasteiger partial charge in [0, 0.05) is 17.1 Å². The van der Waals surface area contributed by atoms with Crippen LogP contribution in [0.3, 0.4) is 0 Å². The van der Waals surface area contributed by atoms with Crippen LogP contribution in [0.2, 0.25) is 0 Å². The summed E-state index contributed by atoms with van der Waals surface area (Å²) in [6.45, 7) is 10.3. The number of halogens is 2. The number of hydrogen-bond donors (Lipinski definition) is 1. The van der Waals surface area contributed by atoms with Gasteiger partial charge in [0.1, 0.15) is 0 Å². The van der Waals surface area contributed by atoms with Crippen molar-refractivity contribution in [3.8, 4) is 11.1 Å². The van der Waals surface area contributed by atoms with Crippen molar-refractivity contribution in [3.63, 3.8) is 0 Å². The minimum absolute atomic E-state index is 0.00954. The van der Waals surface area contributed by atoms with Crippen LogP contribution in [-0.2, 0) is 30.2 Å². The lowest BCUT2D eigenvalue weighted by Crippen LogP contribution is -2.34. The Kier molecular flexibility index (Phi) is 14.7. The van der Waals surface area contributed by atoms with Gasteiger partial charge < -0.3 is 19.3 Å². The maximum absolute atomic E-state index is 15.3. The molecule has 50 heavy (non-hydrogen) atoms. The number of unbranched alkanes of at least 4 members (excludes halogenated alkanes) is 2. The molecule has 6 nitrogen and oxygen atoms in total. The summed E-state index contributed by atoms with van der Waals surface area (Å²) in [5.41, 5.74) is 5.89. The molecule has 0 spiro atoms. The fourth-order valence-corrected chi connectivity index (χ4v) is 6.54. The second-order valence-electron chi connectivity index (χ2n) is 13.7. The third-order valence-electron chi connectivity index (χ3n) is 9.64. The standard InChI is InChI=1S/C42H52F2O6/c1-5-6-7-8-31-9-13-34(14-10-31)35-15-17-36(18-16-35)37-19-21-38(22-20-37)42(43,44)50-39-23-11-32(12-24-39)25-33(27-48-40(46)29(2)3)28-49-41(47)30(4)26-45/h9-10,13-19,21,32-33,39,45H,2,4-8,11-12,20,22-28H2,1,3H3. The quantitative estimate of drug-likeness (QED) is 0.0954. The van der Waals surface area contributed by atoms with Gasteiger partial charge in [0.15, 0.2) is 0 Å². The molecule has 270 valence electrons. The van der Waals surface area contributed by atoms with Gasteiger partial charge in [0.05, 0.1) is 31.5 Å². The zero-order valence-electron chi connectivity index (χ0n) is 29.6. The van der Waals surface area contributed by atoms with Crippen LogP contribution in [0, 0.1) is 11.8 Å². The Hall–Kier alpha value is -3.88. The smallest absolute Gasteiger partial charge is 0.379 e. The minimum atomic E-state index is -3.35. The van der Waals surface area contributed by atoms with Crippen molar-refractivity contribution in [1.82, 2.24) is 0 Å². The van der Waals surface area contributed by atoms with Crippen LogP contribution in [0.15, 0.2) is 90.6 Å². The van der Waals surface area contributed by atoms with E-state index < -0.39 is 30.8 Å². The number of aliphatic hydroxyl groups is 1. The maximum atomic E-state index is 15.3. The number of ether oxygens (including phenoxy) is 3. The summed E-state index contributed by atoms with van der Waals surface area (Å²) >= 11 is 0. The van der Waals surface area contributed by atoms with Gasteiger partial charge >= 0.3 is 18.0 Å². The van der Waals surface area contributed by atoms with Crippen LogP contribution in [0.25, 0.3) is 16.7 Å². The van der Waals surface area contributed by atoms with Crippen LogP contribution in [-0.4, -0.2) is 49.1 Å². The minimum Gasteiger partial charge on any atom is -0.462 e. The van der Waals surface area contributed by atoms with Gasteiger partial charge in [-0.15, -0.1) is 0 Å². The molecule has 0 aromatic heterocycles. The molecule has 0 bridgehead atoms. The fraction of sp³-hybridized carbons (Fsp3) is 0.476. The number of rotatable bonds is 18. The molecule has 1 N–H and O–H groups in total. The summed E-state index contributed by atoms with van der Waals surface area (Å²) in [5.74, 6) is -1.38. The van der Waals surface area contributed by atoms with E-state index in [0.717, 1.165) is 28.7 Å². The molecule has 1 unspecified atom stereocenters. The van der Waals surface area contributed by atoms with Crippen LogP contribution < -0.4 is 0 Å². The molecule has 0 radical (unpaired) electrons. The lowest BCUT2D eigenvalue weighted by atomic mass is 9.81. The van der Waals surface area contributed by atoms with Crippen molar-refractivity contribution in [2.45, 2.75) is 96.7 Å². The predicted octanol–water partition coefficient (Wildman–Crippen LogP) is 9.58. The first kappa shape index (κ1) is 38.9. The van der Waals surface area contributed by atoms with Crippen LogP contribution >= 0.6 is 0 Å². The summed E-state index contributed by atoms with van der Waals surface area (Å²) < 4.78 is 46.7. The van der Waals surface area contributed by atoms with Crippen molar-refractivity contribution in [2.75, 3.05) is 19.8 Å². The summed E-state index contributed by atoms with van der Waals surface area (Å²) in [7, 11) is 0. The number of alkyl halides is 2. The lowest BCUT2D eigenvalue weighted by molar-refractivity contribution is -0.243. The van der Waals surface area contributed by atoms with Crippen LogP contribution in [0.5, 0.6) is 0 Å². The van der Waals surface area contributed by atoms with Gasteiger partial charge in [0.25, 0.3) is 0 Å². The second kappa shape index (κ2) is 18.9. The molecule has 1 fully saturated rings. The highest BCUT2D eigenvalue weighted by atomic mass is 19.3. The topological polar surface area (TPSA) is 82.1 Å². The number of aliphatic hydroxyl groups excluding tert-OH is 1. The van der Waals surface area contributed by atoms with Crippen molar-refractivity contribution >= 4 is 17.5 Å². The monoisotopic (exact) mass is 690 g/mol. The van der Waals surface area contributed by atoms with E-state index >= 15 is 8.78 Å².